The SMILES string of the molecule is C=C1NC(=O)C(C)=CN1[C@@H]1O[C@H](CCP(=C)(C)C)[C@@H](O)[C@H]1O.C=P(C)(C)CC[C@H]1O[C@@H](n2cc(/C=C/CC)c(=O)[nH]c2=O)[C@H](O)[C@@H]1O.C=P(C)(C)CC[C@H]1O[C@@H](n2cc(C(=O)CC(C)=O)c(=O)[nH]c2=O)[C@H](O)[C@@H]1O.C=P(C)(C)CC[C@H]1O[C@@H](n2cc(C(=O)COC(C)=O)c(=O)[nH]c2=O)[C@H](O)[C@@H]1O.C=P(C)(C)CC[C@H]1O[C@@H](n2ccc(=O)n(C)c2=O)[C@H](OC)[C@@H]1O. The number of rotatable bonds is 29. The van der Waals surface area contributed by atoms with Crippen LogP contribution in [-0.4, -0.2) is 358 Å². The van der Waals surface area contributed by atoms with Gasteiger partial charge >= 0.3 is 28.7 Å². The summed E-state index contributed by atoms with van der Waals surface area (Å²) in [5.41, 5.74) is -5.77. The highest BCUT2D eigenvalue weighted by Gasteiger charge is 2.50. The Kier molecular flexibility index (Phi) is 38.1. The Morgan fingerprint density at radius 2 is 0.848 bits per heavy atom. The van der Waals surface area contributed by atoms with Crippen LogP contribution in [0.1, 0.15) is 124 Å². The predicted molar refractivity (Wildman–Crippen MR) is 489 cm³/mol. The van der Waals surface area contributed by atoms with Gasteiger partial charge in [-0.1, -0.05) is 25.7 Å². The highest BCUT2D eigenvalue weighted by molar-refractivity contribution is 7.73. The number of ketones is 3. The standard InChI is InChI=1S/C17H25N2O8P.C17H25N2O7P.C17H27N2O5P.C15H25N2O5P.C15H25N2O4P/c1-9(20)26-8-11(21)10-7-19(17(25)18-15(10)24)16-14(23)13(22)12(27-16)5-6-28(2,3)4;1-9(20)7-11(21)10-8-19(17(25)18-15(10)24)16-14(23)13(22)12(26-16)5-6-27(2,3)4;1-5-6-7-11-10-19(17(23)18-15(11)22)16-14(21)13(20)12(24-16)8-9-25(2,3)4;1-16-11(18)6-8-17(15(16)20)14-13(21-2)12(19)10(22-14)7-9-23(3,4)5;1-9-8-17(10(2)16-14(9)20)15-13(19)12(18)11(21-15)6-7-22(3,4)5/h7,12-14,16,22-23H,2,5-6,8H2,1,3-4H3,(H,18,24,25);8,12-14,16,22-23H,2,5-7H2,1,3-4H3,(H,18,24,25);6-7,10,12-14,16,20-21H,2,5,8-9H2,1,3-4H3,(H,18,22,23);6,8,10,12-14,19H,3,7,9H2,1-2,4-5H3;8,11-13,15,18-19H,2-3,6-7H2,1,4-5H3,(H,16,20)/b;;7-6+;;/t3*12-,13-,14-,16-;10-,12-,13-,14-;11-,12-,13-,15-/m11111/s1. The quantitative estimate of drug-likeness (QED) is 0.0139. The van der Waals surface area contributed by atoms with Gasteiger partial charge in [-0.3, -0.25) is 80.9 Å². The number of aliphatic hydroxyl groups excluding tert-OH is 9. The molecule has 0 bridgehead atoms. The van der Waals surface area contributed by atoms with Crippen molar-refractivity contribution < 1.29 is 103 Å². The number of nitrogens with zero attached hydrogens (tertiary/aromatic N) is 6. The molecule has 0 unspecified atom stereocenters. The number of hydrogen-bond donors (Lipinski definition) is 13. The zero-order chi connectivity index (χ0) is 94.5. The molecule has 39 nitrogen and oxygen atoms in total. The van der Waals surface area contributed by atoms with Gasteiger partial charge in [0.2, 0.25) is 5.78 Å². The van der Waals surface area contributed by atoms with Crippen molar-refractivity contribution in [2.45, 2.75) is 195 Å². The molecular weight excluding hydrogens is 1730 g/mol. The molecule has 1 amide bonds. The monoisotopic (exact) mass is 1860 g/mol. The van der Waals surface area contributed by atoms with Gasteiger partial charge in [0.25, 0.3) is 28.1 Å². The number of amides is 1. The Labute approximate surface area is 723 Å². The number of aromatic nitrogens is 8. The molecule has 44 heteroatoms. The number of nitrogens with one attached hydrogen (secondary N) is 4. The summed E-state index contributed by atoms with van der Waals surface area (Å²) in [4.78, 5) is 161. The van der Waals surface area contributed by atoms with Gasteiger partial charge in [0, 0.05) is 63.7 Å². The van der Waals surface area contributed by atoms with Crippen molar-refractivity contribution in [3.8, 4) is 0 Å². The summed E-state index contributed by atoms with van der Waals surface area (Å²) < 4.78 is 43.9. The molecule has 5 fully saturated rings. The van der Waals surface area contributed by atoms with E-state index >= 15 is 0 Å². The second kappa shape index (κ2) is 44.7. The lowest BCUT2D eigenvalue weighted by atomic mass is 10.1. The topological polar surface area (TPSA) is 556 Å². The fourth-order valence-electron chi connectivity index (χ4n) is 13.6. The summed E-state index contributed by atoms with van der Waals surface area (Å²) in [6.07, 6.45) is 18.1. The lowest BCUT2D eigenvalue weighted by Gasteiger charge is -2.34. The third kappa shape index (κ3) is 29.8. The van der Waals surface area contributed by atoms with Crippen LogP contribution >= 0.6 is 34.4 Å². The molecule has 10 heterocycles. The Bertz CT molecular complexity index is 5380. The molecule has 6 aliphatic heterocycles. The second-order valence-corrected chi connectivity index (χ2v) is 56.8. The van der Waals surface area contributed by atoms with E-state index in [9.17, 15) is 108 Å². The molecule has 0 aromatic carbocycles. The Morgan fingerprint density at radius 3 is 1.22 bits per heavy atom. The predicted octanol–water partition coefficient (Wildman–Crippen LogP) is -0.645. The largest absolute Gasteiger partial charge is 0.457 e. The first-order chi connectivity index (χ1) is 57.7. The minimum atomic E-state index is -1.43. The van der Waals surface area contributed by atoms with Crippen LogP contribution in [0.5, 0.6) is 0 Å². The summed E-state index contributed by atoms with van der Waals surface area (Å²) in [6.45, 7) is 23.3. The minimum Gasteiger partial charge on any atom is -0.457 e. The van der Waals surface area contributed by atoms with Gasteiger partial charge in [-0.05, 0) is 150 Å². The Balaban J connectivity index is 0.000000242. The van der Waals surface area contributed by atoms with Crippen LogP contribution in [0, 0.1) is 0 Å². The number of methoxy groups -OCH3 is 1. The number of esters is 1. The van der Waals surface area contributed by atoms with Gasteiger partial charge in [0.05, 0.1) is 48.1 Å². The van der Waals surface area contributed by atoms with E-state index in [-0.39, 0.29) is 17.0 Å². The molecule has 700 valence electrons. The van der Waals surface area contributed by atoms with Crippen LogP contribution in [0.15, 0.2) is 99.5 Å². The van der Waals surface area contributed by atoms with E-state index in [1.807, 2.05) is 43.6 Å². The smallest absolute Gasteiger partial charge is 0.332 e. The van der Waals surface area contributed by atoms with Gasteiger partial charge in [-0.25, -0.2) is 19.2 Å². The van der Waals surface area contributed by atoms with E-state index < -0.39 is 238 Å². The van der Waals surface area contributed by atoms with Gasteiger partial charge < -0.3 is 89.3 Å². The molecule has 0 spiro atoms. The first-order valence-corrected chi connectivity index (χ1v) is 55.4. The van der Waals surface area contributed by atoms with Crippen LogP contribution < -0.4 is 50.3 Å². The molecule has 13 N–H and O–H groups in total. The molecule has 0 aliphatic carbocycles. The molecular formula is C81H127N10O29P5. The Morgan fingerprint density at radius 1 is 0.496 bits per heavy atom. The number of H-pyrrole nitrogens is 3. The number of hydrogen-bond acceptors (Lipinski definition) is 30. The molecule has 0 saturated carbocycles. The summed E-state index contributed by atoms with van der Waals surface area (Å²) in [6, 6.07) is 1.29. The summed E-state index contributed by atoms with van der Waals surface area (Å²) in [7, 11) is 2.87. The average Bonchev–Trinajstić information content (AvgIpc) is 1.69. The van der Waals surface area contributed by atoms with Gasteiger partial charge in [-0.2, -0.15) is 0 Å². The molecule has 6 aliphatic rings. The van der Waals surface area contributed by atoms with Crippen molar-refractivity contribution in [1.29, 1.82) is 0 Å². The number of aromatic amines is 3. The van der Waals surface area contributed by atoms with Gasteiger partial charge in [0.15, 0.2) is 43.5 Å². The van der Waals surface area contributed by atoms with E-state index in [0.717, 1.165) is 68.7 Å². The van der Waals surface area contributed by atoms with E-state index in [1.54, 1.807) is 30.2 Å². The third-order valence-corrected chi connectivity index (χ3v) is 28.1. The fraction of sp³-hybridized carbons (Fsp3) is 0.605. The molecule has 125 heavy (non-hydrogen) atoms. The number of allylic oxidation sites excluding steroid dienone is 1. The van der Waals surface area contributed by atoms with Gasteiger partial charge in [-0.15, -0.1) is 65.9 Å². The lowest BCUT2D eigenvalue weighted by molar-refractivity contribution is -0.139. The molecule has 4 aromatic rings. The number of ether oxygens (including phenoxy) is 7. The zero-order valence-corrected chi connectivity index (χ0v) is 78.2. The summed E-state index contributed by atoms with van der Waals surface area (Å²) in [5, 5.41) is 95.3. The number of aliphatic hydroxyl groups is 9. The number of carbonyl (C=O) groups is 5. The normalized spacial score (nSPS) is 27.5. The first kappa shape index (κ1) is 106. The summed E-state index contributed by atoms with van der Waals surface area (Å²) >= 11 is 0. The number of carbonyl (C=O) groups excluding carboxylic acids is 5. The highest BCUT2D eigenvalue weighted by Crippen LogP contribution is 2.44. The maximum atomic E-state index is 12.3. The maximum Gasteiger partial charge on any atom is 0.332 e. The molecule has 5 saturated heterocycles. The van der Waals surface area contributed by atoms with E-state index in [4.69, 9.17) is 28.4 Å². The van der Waals surface area contributed by atoms with Gasteiger partial charge in [0.1, 0.15) is 78.2 Å². The van der Waals surface area contributed by atoms with Crippen molar-refractivity contribution in [3.05, 3.63) is 161 Å². The zero-order valence-electron chi connectivity index (χ0n) is 73.7. The fourth-order valence-corrected chi connectivity index (χ4v) is 18.4. The first-order valence-electron chi connectivity index (χ1n) is 40.2. The van der Waals surface area contributed by atoms with Crippen molar-refractivity contribution in [3.63, 3.8) is 0 Å². The van der Waals surface area contributed by atoms with Crippen LogP contribution in [0.3, 0.4) is 0 Å². The second-order valence-electron chi connectivity index (χ2n) is 35.2. The number of Topliss-reactive ketones (excluding diaryl/α,β-unsaturated/α-hetero) is 3. The highest BCUT2D eigenvalue weighted by atomic mass is 31.2. The Hall–Kier alpha value is -7.41. The lowest BCUT2D eigenvalue weighted by Crippen LogP contribution is -2.47. The van der Waals surface area contributed by atoms with Crippen LogP contribution in [0.4, 0.5) is 0 Å². The average molecular weight is 1860 g/mol. The maximum absolute atomic E-state index is 12.3. The van der Waals surface area contributed by atoms with E-state index in [1.165, 1.54) is 44.1 Å². The molecule has 20 atom stereocenters. The van der Waals surface area contributed by atoms with E-state index in [0.29, 0.717) is 55.2 Å². The van der Waals surface area contributed by atoms with Crippen LogP contribution in [-0.2, 0) is 54.6 Å². The van der Waals surface area contributed by atoms with E-state index in [2.05, 4.69) is 93.1 Å². The minimum absolute atomic E-state index is 0.227. The van der Waals surface area contributed by atoms with Crippen LogP contribution in [0.2, 0.25) is 0 Å². The van der Waals surface area contributed by atoms with Crippen molar-refractivity contribution in [2.75, 3.05) is 111 Å². The third-order valence-electron chi connectivity index (χ3n) is 20.8. The van der Waals surface area contributed by atoms with Crippen molar-refractivity contribution >= 4 is 101 Å². The van der Waals surface area contributed by atoms with Crippen molar-refractivity contribution in [2.24, 2.45) is 7.05 Å². The molecule has 4 aromatic heterocycles. The molecule has 0 radical (unpaired) electrons. The molecule has 10 rings (SSSR count). The van der Waals surface area contributed by atoms with Crippen LogP contribution in [0.25, 0.3) is 6.08 Å². The summed E-state index contributed by atoms with van der Waals surface area (Å²) in [5.74, 6) is -2.59. The van der Waals surface area contributed by atoms with Crippen molar-refractivity contribution in [1.82, 2.24) is 48.0 Å².